The Kier molecular flexibility index (Phi) is 12.0. The predicted octanol–water partition coefficient (Wildman–Crippen LogP) is 1.84. The molecule has 0 radical (unpaired) electrons. The van der Waals surface area contributed by atoms with Crippen molar-refractivity contribution in [2.45, 2.75) is 56.0 Å². The predicted molar refractivity (Wildman–Crippen MR) is 168 cm³/mol. The number of aryl methyl sites for hydroxylation is 1. The third-order valence-electron chi connectivity index (χ3n) is 7.77. The summed E-state index contributed by atoms with van der Waals surface area (Å²) in [6, 6.07) is 9.31. The molecule has 4 rings (SSSR count). The average Bonchev–Trinajstić information content (AvgIpc) is 3.18. The maximum absolute atomic E-state index is 13.5. The van der Waals surface area contributed by atoms with Gasteiger partial charge in [-0.25, -0.2) is 18.0 Å². The standard InChI is InChI=1S/C30H39N5O5S.CH2O3/c1-4-40-29(37)30(13-5-6-14-33-30)27(36)26(31)18-21-8-7-20(2)25(17-21)28(32)34-41(38,39)24-10-9-22-11-15-35(3)16-12-23(22)19-24;2-1(3)4/h5-10,17,19,26,33H,4,11-16,18,31H2,1-3H3,(H2,32,34);(H2,2,3,4)/t26?,30-;/m1./s1. The zero-order chi connectivity index (χ0) is 33.4. The Morgan fingerprint density at radius 1 is 1.11 bits per heavy atom. The minimum Gasteiger partial charge on any atom is -0.464 e. The number of amidine groups is 1. The summed E-state index contributed by atoms with van der Waals surface area (Å²) in [7, 11) is -1.95. The van der Waals surface area contributed by atoms with Gasteiger partial charge in [0.05, 0.1) is 17.5 Å². The van der Waals surface area contributed by atoms with Gasteiger partial charge in [-0.1, -0.05) is 30.4 Å². The summed E-state index contributed by atoms with van der Waals surface area (Å²) in [5.74, 6) is -1.41. The van der Waals surface area contributed by atoms with Gasteiger partial charge in [0.1, 0.15) is 5.84 Å². The maximum Gasteiger partial charge on any atom is 0.503 e. The molecule has 2 aromatic carbocycles. The number of carbonyl (C=O) groups is 3. The van der Waals surface area contributed by atoms with E-state index in [-0.39, 0.29) is 30.2 Å². The van der Waals surface area contributed by atoms with Gasteiger partial charge < -0.3 is 25.6 Å². The van der Waals surface area contributed by atoms with Gasteiger partial charge in [-0.15, -0.1) is 0 Å². The first-order valence-corrected chi connectivity index (χ1v) is 16.0. The summed E-state index contributed by atoms with van der Waals surface area (Å²) in [4.78, 5) is 37.1. The van der Waals surface area contributed by atoms with Crippen molar-refractivity contribution < 1.29 is 37.8 Å². The number of rotatable bonds is 9. The smallest absolute Gasteiger partial charge is 0.464 e. The molecule has 0 saturated heterocycles. The molecule has 2 heterocycles. The summed E-state index contributed by atoms with van der Waals surface area (Å²) < 4.78 is 34.1. The van der Waals surface area contributed by atoms with E-state index in [4.69, 9.17) is 30.9 Å². The molecule has 0 aromatic heterocycles. The Labute approximate surface area is 263 Å². The summed E-state index contributed by atoms with van der Waals surface area (Å²) in [6.45, 7) is 5.70. The Hall–Kier alpha value is -4.11. The van der Waals surface area contributed by atoms with Crippen molar-refractivity contribution in [3.8, 4) is 0 Å². The number of carboxylic acid groups (broad SMARTS) is 2. The molecule has 0 fully saturated rings. The molecule has 14 heteroatoms. The highest BCUT2D eigenvalue weighted by atomic mass is 32.2. The Bertz CT molecular complexity index is 1570. The molecule has 0 aliphatic carbocycles. The number of nitrogens with zero attached hydrogens (tertiary/aromatic N) is 1. The van der Waals surface area contributed by atoms with Crippen LogP contribution in [0.2, 0.25) is 0 Å². The van der Waals surface area contributed by atoms with Crippen molar-refractivity contribution in [3.05, 3.63) is 76.4 Å². The van der Waals surface area contributed by atoms with Gasteiger partial charge in [0, 0.05) is 31.6 Å². The van der Waals surface area contributed by atoms with Crippen LogP contribution in [0.25, 0.3) is 0 Å². The Morgan fingerprint density at radius 2 is 1.78 bits per heavy atom. The van der Waals surface area contributed by atoms with Crippen molar-refractivity contribution in [3.63, 3.8) is 0 Å². The minimum absolute atomic E-state index is 0.0952. The van der Waals surface area contributed by atoms with Crippen molar-refractivity contribution in [1.82, 2.24) is 14.9 Å². The normalized spacial score (nSPS) is 18.8. The van der Waals surface area contributed by atoms with Gasteiger partial charge in [-0.05, 0) is 80.6 Å². The number of hydrogen-bond donors (Lipinski definition) is 6. The molecule has 7 N–H and O–H groups in total. The monoisotopic (exact) mass is 643 g/mol. The lowest BCUT2D eigenvalue weighted by molar-refractivity contribution is -0.155. The Balaban J connectivity index is 0.00000130. The van der Waals surface area contributed by atoms with E-state index >= 15 is 0 Å². The number of esters is 1. The molecule has 0 amide bonds. The van der Waals surface area contributed by atoms with E-state index < -0.39 is 39.5 Å². The van der Waals surface area contributed by atoms with Crippen LogP contribution in [-0.2, 0) is 43.6 Å². The second-order valence-corrected chi connectivity index (χ2v) is 12.7. The molecular weight excluding hydrogens is 602 g/mol. The molecule has 1 unspecified atom stereocenters. The lowest BCUT2D eigenvalue weighted by Crippen LogP contribution is -2.64. The maximum atomic E-state index is 13.5. The lowest BCUT2D eigenvalue weighted by Gasteiger charge is -2.34. The van der Waals surface area contributed by atoms with Crippen molar-refractivity contribution in [2.75, 3.05) is 33.3 Å². The van der Waals surface area contributed by atoms with Crippen LogP contribution in [0.3, 0.4) is 0 Å². The van der Waals surface area contributed by atoms with Crippen molar-refractivity contribution >= 4 is 33.8 Å². The number of nitrogens with one attached hydrogen (secondary N) is 3. The fourth-order valence-corrected chi connectivity index (χ4v) is 6.35. The van der Waals surface area contributed by atoms with E-state index in [0.717, 1.165) is 37.1 Å². The van der Waals surface area contributed by atoms with Crippen LogP contribution >= 0.6 is 0 Å². The fraction of sp³-hybridized carbons (Fsp3) is 0.419. The molecule has 13 nitrogen and oxygen atoms in total. The second kappa shape index (κ2) is 15.3. The topological polar surface area (TPSA) is 212 Å². The molecule has 2 aliphatic rings. The molecule has 2 aromatic rings. The van der Waals surface area contributed by atoms with Gasteiger partial charge in [-0.3, -0.25) is 20.2 Å². The van der Waals surface area contributed by atoms with E-state index in [2.05, 4.69) is 14.9 Å². The van der Waals surface area contributed by atoms with Gasteiger partial charge >= 0.3 is 12.1 Å². The number of ether oxygens (including phenoxy) is 1. The van der Waals surface area contributed by atoms with E-state index in [1.165, 1.54) is 0 Å². The van der Waals surface area contributed by atoms with Gasteiger partial charge in [0.2, 0.25) is 0 Å². The van der Waals surface area contributed by atoms with Crippen LogP contribution < -0.4 is 15.8 Å². The molecule has 0 bridgehead atoms. The van der Waals surface area contributed by atoms with Crippen LogP contribution in [0.4, 0.5) is 4.79 Å². The molecule has 0 spiro atoms. The number of carbonyl (C=O) groups excluding carboxylic acids is 2. The van der Waals surface area contributed by atoms with E-state index in [1.807, 2.05) is 19.2 Å². The van der Waals surface area contributed by atoms with Gasteiger partial charge in [-0.2, -0.15) is 0 Å². The summed E-state index contributed by atoms with van der Waals surface area (Å²) in [6.07, 6.45) is 3.62. The average molecular weight is 644 g/mol. The third kappa shape index (κ3) is 8.97. The van der Waals surface area contributed by atoms with Crippen LogP contribution in [-0.4, -0.2) is 92.1 Å². The molecule has 45 heavy (non-hydrogen) atoms. The van der Waals surface area contributed by atoms with Crippen LogP contribution in [0.1, 0.15) is 41.2 Å². The number of hydrogen-bond acceptors (Lipinski definition) is 10. The molecule has 2 atom stereocenters. The molecule has 2 aliphatic heterocycles. The summed E-state index contributed by atoms with van der Waals surface area (Å²) in [5.41, 5.74) is 8.62. The summed E-state index contributed by atoms with van der Waals surface area (Å²) >= 11 is 0. The summed E-state index contributed by atoms with van der Waals surface area (Å²) in [5, 5.41) is 25.5. The minimum atomic E-state index is -4.00. The van der Waals surface area contributed by atoms with E-state index in [9.17, 15) is 18.0 Å². The van der Waals surface area contributed by atoms with Crippen LogP contribution in [0.5, 0.6) is 0 Å². The largest absolute Gasteiger partial charge is 0.503 e. The number of benzene rings is 2. The highest BCUT2D eigenvalue weighted by Crippen LogP contribution is 2.23. The van der Waals surface area contributed by atoms with E-state index in [0.29, 0.717) is 23.2 Å². The lowest BCUT2D eigenvalue weighted by atomic mass is 9.82. The number of likely N-dealkylation sites (N-methyl/N-ethyl adjacent to an activating group) is 1. The number of ketones is 1. The quantitative estimate of drug-likeness (QED) is 0.0763. The SMILES string of the molecule is CCOC(=O)[C@]1(C(=O)C(N)Cc2ccc(C)c(C(=N)NS(=O)(=O)c3ccc4c(c3)CCN(C)CC4)c2)CC=CCN1.O=C(O)O. The molecule has 0 saturated carbocycles. The third-order valence-corrected chi connectivity index (χ3v) is 9.12. The number of Topliss-reactive ketones (excluding diaryl/α,β-unsaturated/α-hetero) is 1. The molecule has 244 valence electrons. The highest BCUT2D eigenvalue weighted by molar-refractivity contribution is 7.90. The number of nitrogens with two attached hydrogens (primary N) is 1. The first kappa shape index (κ1) is 35.4. The highest BCUT2D eigenvalue weighted by Gasteiger charge is 2.48. The zero-order valence-corrected chi connectivity index (χ0v) is 26.4. The fourth-order valence-electron chi connectivity index (χ4n) is 5.30. The van der Waals surface area contributed by atoms with E-state index in [1.54, 1.807) is 50.3 Å². The zero-order valence-electron chi connectivity index (χ0n) is 25.6. The first-order valence-electron chi connectivity index (χ1n) is 14.5. The van der Waals surface area contributed by atoms with Crippen LogP contribution in [0, 0.1) is 12.3 Å². The number of fused-ring (bicyclic) bond motifs is 1. The number of sulfonamides is 1. The van der Waals surface area contributed by atoms with Crippen LogP contribution in [0.15, 0.2) is 53.4 Å². The van der Waals surface area contributed by atoms with Crippen molar-refractivity contribution in [2.24, 2.45) is 5.73 Å². The van der Waals surface area contributed by atoms with Gasteiger partial charge in [0.25, 0.3) is 10.0 Å². The first-order chi connectivity index (χ1) is 21.2. The second-order valence-electron chi connectivity index (χ2n) is 11.0. The van der Waals surface area contributed by atoms with Gasteiger partial charge in [0.15, 0.2) is 11.3 Å². The molecular formula is C31H41N5O8S. The van der Waals surface area contributed by atoms with Crippen molar-refractivity contribution in [1.29, 1.82) is 5.41 Å². The Morgan fingerprint density at radius 3 is 2.40 bits per heavy atom.